The van der Waals surface area contributed by atoms with E-state index in [-0.39, 0.29) is 4.91 Å². The van der Waals surface area contributed by atoms with Gasteiger partial charge in [0.15, 0.2) is 0 Å². The Hall–Kier alpha value is -2.44. The van der Waals surface area contributed by atoms with Gasteiger partial charge in [-0.3, -0.25) is 4.90 Å². The first-order chi connectivity index (χ1) is 14.3. The van der Waals surface area contributed by atoms with Gasteiger partial charge >= 0.3 is 0 Å². The number of hydrogen-bond donors (Lipinski definition) is 1. The number of aryl methyl sites for hydroxylation is 1. The molecule has 1 saturated heterocycles. The first-order valence-electron chi connectivity index (χ1n) is 10.5. The van der Waals surface area contributed by atoms with Crippen LogP contribution in [-0.4, -0.2) is 32.2 Å². The van der Waals surface area contributed by atoms with E-state index in [1.54, 1.807) is 6.92 Å². The van der Waals surface area contributed by atoms with Crippen LogP contribution in [0.3, 0.4) is 0 Å². The quantitative estimate of drug-likeness (QED) is 0.766. The summed E-state index contributed by atoms with van der Waals surface area (Å²) in [5.41, 5.74) is 4.51. The maximum Gasteiger partial charge on any atom is 0.285 e. The molecule has 0 bridgehead atoms. The van der Waals surface area contributed by atoms with Crippen molar-refractivity contribution in [2.45, 2.75) is 40.2 Å². The Labute approximate surface area is 179 Å². The maximum atomic E-state index is 12.7. The van der Waals surface area contributed by atoms with Crippen molar-refractivity contribution in [1.29, 1.82) is 0 Å². The number of nitrogens with zero attached hydrogens (tertiary/aromatic N) is 2. The second kappa shape index (κ2) is 8.36. The molecule has 6 heteroatoms. The molecule has 0 radical (unpaired) electrons. The molecule has 2 aromatic carbocycles. The SMILES string of the molecule is CC1=C(c2ccc(C)cc2)S(=O)(=O)N=C1Nc1ccc(CN2CCC(C)CC2)cc1. The van der Waals surface area contributed by atoms with Gasteiger partial charge in [0, 0.05) is 17.8 Å². The highest BCUT2D eigenvalue weighted by Crippen LogP contribution is 2.33. The fourth-order valence-electron chi connectivity index (χ4n) is 4.03. The van der Waals surface area contributed by atoms with E-state index in [0.29, 0.717) is 17.0 Å². The third-order valence-corrected chi connectivity index (χ3v) is 7.46. The lowest BCUT2D eigenvalue weighted by molar-refractivity contribution is 0.185. The van der Waals surface area contributed by atoms with E-state index in [9.17, 15) is 8.42 Å². The van der Waals surface area contributed by atoms with Gasteiger partial charge in [0.25, 0.3) is 10.0 Å². The van der Waals surface area contributed by atoms with Gasteiger partial charge in [-0.15, -0.1) is 4.40 Å². The fourth-order valence-corrected chi connectivity index (χ4v) is 5.46. The molecule has 1 fully saturated rings. The number of piperidine rings is 1. The van der Waals surface area contributed by atoms with Gasteiger partial charge in [0.1, 0.15) is 10.7 Å². The molecular weight excluding hydrogens is 394 g/mol. The number of anilines is 1. The molecule has 4 rings (SSSR count). The summed E-state index contributed by atoms with van der Waals surface area (Å²) in [6, 6.07) is 15.7. The van der Waals surface area contributed by atoms with Gasteiger partial charge in [0.2, 0.25) is 0 Å². The first-order valence-corrected chi connectivity index (χ1v) is 12.0. The Morgan fingerprint density at radius 2 is 1.63 bits per heavy atom. The normalized spacial score (nSPS) is 19.8. The van der Waals surface area contributed by atoms with E-state index in [4.69, 9.17) is 0 Å². The fraction of sp³-hybridized carbons (Fsp3) is 0.375. The molecule has 0 aromatic heterocycles. The van der Waals surface area contributed by atoms with Gasteiger partial charge in [-0.25, -0.2) is 0 Å². The molecule has 2 aliphatic heterocycles. The van der Waals surface area contributed by atoms with Crippen LogP contribution in [0.1, 0.15) is 43.4 Å². The summed E-state index contributed by atoms with van der Waals surface area (Å²) in [4.78, 5) is 2.78. The van der Waals surface area contributed by atoms with Gasteiger partial charge in [0.05, 0.1) is 0 Å². The second-order valence-corrected chi connectivity index (χ2v) is 10.1. The van der Waals surface area contributed by atoms with Crippen molar-refractivity contribution in [3.05, 3.63) is 70.8 Å². The standard InChI is InChI=1S/C24H29N3O2S/c1-17-4-8-21(9-5-17)23-19(3)24(26-30(23,28)29)25-22-10-6-20(7-11-22)16-27-14-12-18(2)13-15-27/h4-11,18H,12-16H2,1-3H3,(H,25,26). The summed E-state index contributed by atoms with van der Waals surface area (Å²) in [5, 5.41) is 3.19. The Bertz CT molecular complexity index is 1080. The number of sulfonamides is 1. The van der Waals surface area contributed by atoms with E-state index >= 15 is 0 Å². The minimum absolute atomic E-state index is 0.279. The minimum atomic E-state index is -3.70. The highest BCUT2D eigenvalue weighted by atomic mass is 32.2. The zero-order chi connectivity index (χ0) is 21.3. The number of likely N-dealkylation sites (tertiary alicyclic amines) is 1. The average molecular weight is 424 g/mol. The monoisotopic (exact) mass is 423 g/mol. The van der Waals surface area contributed by atoms with Crippen LogP contribution < -0.4 is 5.32 Å². The molecule has 0 aliphatic carbocycles. The van der Waals surface area contributed by atoms with Crippen LogP contribution in [-0.2, 0) is 16.6 Å². The van der Waals surface area contributed by atoms with Crippen molar-refractivity contribution in [3.8, 4) is 0 Å². The highest BCUT2D eigenvalue weighted by molar-refractivity contribution is 8.00. The molecule has 5 nitrogen and oxygen atoms in total. The van der Waals surface area contributed by atoms with Crippen LogP contribution in [0.15, 0.2) is 58.5 Å². The molecule has 2 aromatic rings. The van der Waals surface area contributed by atoms with Crippen LogP contribution in [0.25, 0.3) is 4.91 Å². The lowest BCUT2D eigenvalue weighted by Gasteiger charge is -2.30. The maximum absolute atomic E-state index is 12.7. The van der Waals surface area contributed by atoms with Crippen LogP contribution in [0.5, 0.6) is 0 Å². The molecule has 0 unspecified atom stereocenters. The minimum Gasteiger partial charge on any atom is -0.339 e. The number of amidine groups is 1. The van der Waals surface area contributed by atoms with Crippen molar-refractivity contribution < 1.29 is 8.42 Å². The first kappa shape index (κ1) is 20.8. The second-order valence-electron chi connectivity index (χ2n) is 8.52. The molecule has 2 heterocycles. The predicted octanol–water partition coefficient (Wildman–Crippen LogP) is 4.81. The number of benzene rings is 2. The van der Waals surface area contributed by atoms with Crippen molar-refractivity contribution in [3.63, 3.8) is 0 Å². The molecule has 30 heavy (non-hydrogen) atoms. The average Bonchev–Trinajstić information content (AvgIpc) is 2.94. The molecule has 2 aliphatic rings. The van der Waals surface area contributed by atoms with Crippen molar-refractivity contribution in [2.75, 3.05) is 18.4 Å². The topological polar surface area (TPSA) is 61.8 Å². The third kappa shape index (κ3) is 4.50. The molecular formula is C24H29N3O2S. The van der Waals surface area contributed by atoms with Gasteiger partial charge < -0.3 is 5.32 Å². The lowest BCUT2D eigenvalue weighted by Crippen LogP contribution is -2.32. The van der Waals surface area contributed by atoms with Gasteiger partial charge in [-0.05, 0) is 69.0 Å². The summed E-state index contributed by atoms with van der Waals surface area (Å²) >= 11 is 0. The Morgan fingerprint density at radius 3 is 2.27 bits per heavy atom. The van der Waals surface area contributed by atoms with Crippen molar-refractivity contribution in [1.82, 2.24) is 4.90 Å². The number of nitrogens with one attached hydrogen (secondary N) is 1. The van der Waals surface area contributed by atoms with E-state index in [2.05, 4.69) is 33.7 Å². The number of rotatable bonds is 4. The Morgan fingerprint density at radius 1 is 1.00 bits per heavy atom. The van der Waals surface area contributed by atoms with Crippen LogP contribution in [0, 0.1) is 12.8 Å². The van der Waals surface area contributed by atoms with Crippen molar-refractivity contribution >= 4 is 26.5 Å². The molecule has 0 amide bonds. The lowest BCUT2D eigenvalue weighted by atomic mass is 9.99. The zero-order valence-corrected chi connectivity index (χ0v) is 18.7. The third-order valence-electron chi connectivity index (χ3n) is 5.98. The van der Waals surface area contributed by atoms with Gasteiger partial charge in [-0.1, -0.05) is 48.9 Å². The highest BCUT2D eigenvalue weighted by Gasteiger charge is 2.31. The van der Waals surface area contributed by atoms with Crippen LogP contribution in [0.4, 0.5) is 5.69 Å². The Kier molecular flexibility index (Phi) is 5.80. The van der Waals surface area contributed by atoms with Crippen molar-refractivity contribution in [2.24, 2.45) is 10.3 Å². The van der Waals surface area contributed by atoms with Crippen LogP contribution >= 0.6 is 0 Å². The molecule has 1 N–H and O–H groups in total. The predicted molar refractivity (Wildman–Crippen MR) is 124 cm³/mol. The summed E-state index contributed by atoms with van der Waals surface area (Å²) in [6.07, 6.45) is 2.53. The van der Waals surface area contributed by atoms with Crippen LogP contribution in [0.2, 0.25) is 0 Å². The molecule has 158 valence electrons. The molecule has 0 atom stereocenters. The summed E-state index contributed by atoms with van der Waals surface area (Å²) in [7, 11) is -3.70. The summed E-state index contributed by atoms with van der Waals surface area (Å²) < 4.78 is 29.3. The number of hydrogen-bond acceptors (Lipinski definition) is 4. The summed E-state index contributed by atoms with van der Waals surface area (Å²) in [5.74, 6) is 1.22. The van der Waals surface area contributed by atoms with E-state index in [1.165, 1.54) is 18.4 Å². The smallest absolute Gasteiger partial charge is 0.285 e. The molecule has 0 saturated carbocycles. The van der Waals surface area contributed by atoms with Gasteiger partial charge in [-0.2, -0.15) is 8.42 Å². The Balaban J connectivity index is 1.48. The summed E-state index contributed by atoms with van der Waals surface area (Å²) in [6.45, 7) is 9.37. The molecule has 0 spiro atoms. The van der Waals surface area contributed by atoms with E-state index < -0.39 is 10.0 Å². The van der Waals surface area contributed by atoms with E-state index in [1.807, 2.05) is 43.3 Å². The zero-order valence-electron chi connectivity index (χ0n) is 17.9. The largest absolute Gasteiger partial charge is 0.339 e. The van der Waals surface area contributed by atoms with E-state index in [0.717, 1.165) is 36.8 Å².